The van der Waals surface area contributed by atoms with E-state index in [0.29, 0.717) is 30.3 Å². The molecular formula is C18H22ClNO5. The third-order valence-corrected chi connectivity index (χ3v) is 3.63. The SMILES string of the molecule is COc1ccc(CNCc2ccc(C(=O)O)cc2)c(OC)c1OC.Cl. The third kappa shape index (κ3) is 5.01. The fraction of sp³-hybridized carbons (Fsp3) is 0.278. The highest BCUT2D eigenvalue weighted by Crippen LogP contribution is 2.39. The molecule has 2 rings (SSSR count). The summed E-state index contributed by atoms with van der Waals surface area (Å²) in [4.78, 5) is 10.8. The molecule has 0 heterocycles. The molecule has 6 nitrogen and oxygen atoms in total. The predicted molar refractivity (Wildman–Crippen MR) is 97.3 cm³/mol. The van der Waals surface area contributed by atoms with Crippen LogP contribution in [0.3, 0.4) is 0 Å². The van der Waals surface area contributed by atoms with E-state index in [2.05, 4.69) is 5.32 Å². The lowest BCUT2D eigenvalue weighted by Crippen LogP contribution is -2.14. The van der Waals surface area contributed by atoms with E-state index in [1.165, 1.54) is 0 Å². The molecule has 0 bridgehead atoms. The van der Waals surface area contributed by atoms with Crippen LogP contribution in [0, 0.1) is 0 Å². The number of nitrogens with one attached hydrogen (secondary N) is 1. The largest absolute Gasteiger partial charge is 0.493 e. The maximum Gasteiger partial charge on any atom is 0.335 e. The molecule has 7 heteroatoms. The quantitative estimate of drug-likeness (QED) is 0.746. The Morgan fingerprint density at radius 2 is 1.56 bits per heavy atom. The van der Waals surface area contributed by atoms with Crippen molar-refractivity contribution in [2.75, 3.05) is 21.3 Å². The average molecular weight is 368 g/mol. The number of hydrogen-bond acceptors (Lipinski definition) is 5. The molecule has 0 radical (unpaired) electrons. The monoisotopic (exact) mass is 367 g/mol. The summed E-state index contributed by atoms with van der Waals surface area (Å²) >= 11 is 0. The van der Waals surface area contributed by atoms with Crippen molar-refractivity contribution in [2.24, 2.45) is 0 Å². The second-order valence-corrected chi connectivity index (χ2v) is 5.10. The van der Waals surface area contributed by atoms with Crippen molar-refractivity contribution < 1.29 is 24.1 Å². The Hall–Kier alpha value is -2.44. The van der Waals surface area contributed by atoms with Crippen molar-refractivity contribution in [1.29, 1.82) is 0 Å². The number of methoxy groups -OCH3 is 3. The zero-order chi connectivity index (χ0) is 17.5. The first kappa shape index (κ1) is 20.6. The second kappa shape index (κ2) is 9.76. The van der Waals surface area contributed by atoms with E-state index in [1.807, 2.05) is 12.1 Å². The van der Waals surface area contributed by atoms with E-state index in [-0.39, 0.29) is 18.0 Å². The number of benzene rings is 2. The molecule has 0 saturated carbocycles. The van der Waals surface area contributed by atoms with E-state index in [0.717, 1.165) is 11.1 Å². The van der Waals surface area contributed by atoms with Crippen LogP contribution in [0.25, 0.3) is 0 Å². The Kier molecular flexibility index (Phi) is 8.04. The standard InChI is InChI=1S/C18H21NO5.ClH/c1-22-15-9-8-14(16(23-2)17(15)24-3)11-19-10-12-4-6-13(7-5-12)18(20)21;/h4-9,19H,10-11H2,1-3H3,(H,20,21);1H. The molecule has 2 aromatic carbocycles. The van der Waals surface area contributed by atoms with Crippen LogP contribution in [-0.2, 0) is 13.1 Å². The molecule has 0 amide bonds. The fourth-order valence-electron chi connectivity index (χ4n) is 2.41. The Labute approximate surface area is 153 Å². The van der Waals surface area contributed by atoms with Crippen LogP contribution in [0.15, 0.2) is 36.4 Å². The van der Waals surface area contributed by atoms with Crippen molar-refractivity contribution in [3.63, 3.8) is 0 Å². The van der Waals surface area contributed by atoms with E-state index >= 15 is 0 Å². The van der Waals surface area contributed by atoms with Crippen LogP contribution >= 0.6 is 12.4 Å². The number of carbonyl (C=O) groups is 1. The Balaban J connectivity index is 0.00000312. The van der Waals surface area contributed by atoms with Crippen molar-refractivity contribution in [3.8, 4) is 17.2 Å². The molecule has 25 heavy (non-hydrogen) atoms. The lowest BCUT2D eigenvalue weighted by Gasteiger charge is -2.16. The van der Waals surface area contributed by atoms with Crippen molar-refractivity contribution in [1.82, 2.24) is 5.32 Å². The van der Waals surface area contributed by atoms with Crippen LogP contribution in [0.1, 0.15) is 21.5 Å². The average Bonchev–Trinajstić information content (AvgIpc) is 2.61. The number of halogens is 1. The van der Waals surface area contributed by atoms with Gasteiger partial charge in [-0.15, -0.1) is 12.4 Å². The molecule has 136 valence electrons. The van der Waals surface area contributed by atoms with Crippen molar-refractivity contribution >= 4 is 18.4 Å². The van der Waals surface area contributed by atoms with Gasteiger partial charge in [0.05, 0.1) is 26.9 Å². The van der Waals surface area contributed by atoms with Gasteiger partial charge >= 0.3 is 5.97 Å². The van der Waals surface area contributed by atoms with Gasteiger partial charge in [-0.2, -0.15) is 0 Å². The van der Waals surface area contributed by atoms with Gasteiger partial charge in [0.25, 0.3) is 0 Å². The zero-order valence-electron chi connectivity index (χ0n) is 14.4. The maximum atomic E-state index is 10.8. The summed E-state index contributed by atoms with van der Waals surface area (Å²) in [6.07, 6.45) is 0. The van der Waals surface area contributed by atoms with Gasteiger partial charge < -0.3 is 24.6 Å². The molecule has 0 saturated heterocycles. The first-order chi connectivity index (χ1) is 11.6. The lowest BCUT2D eigenvalue weighted by atomic mass is 10.1. The van der Waals surface area contributed by atoms with Gasteiger partial charge in [0.1, 0.15) is 0 Å². The minimum atomic E-state index is -0.926. The smallest absolute Gasteiger partial charge is 0.335 e. The van der Waals surface area contributed by atoms with Gasteiger partial charge in [0.2, 0.25) is 5.75 Å². The van der Waals surface area contributed by atoms with Gasteiger partial charge in [-0.1, -0.05) is 18.2 Å². The second-order valence-electron chi connectivity index (χ2n) is 5.10. The normalized spacial score (nSPS) is 9.88. The molecule has 2 aromatic rings. The molecule has 0 atom stereocenters. The first-order valence-electron chi connectivity index (χ1n) is 7.41. The van der Waals surface area contributed by atoms with E-state index in [9.17, 15) is 4.79 Å². The predicted octanol–water partition coefficient (Wildman–Crippen LogP) is 3.12. The summed E-state index contributed by atoms with van der Waals surface area (Å²) < 4.78 is 16.1. The highest BCUT2D eigenvalue weighted by atomic mass is 35.5. The molecule has 0 fully saturated rings. The summed E-state index contributed by atoms with van der Waals surface area (Å²) in [5.41, 5.74) is 2.22. The summed E-state index contributed by atoms with van der Waals surface area (Å²) in [5, 5.41) is 12.2. The Morgan fingerprint density at radius 3 is 2.08 bits per heavy atom. The highest BCUT2D eigenvalue weighted by Gasteiger charge is 2.15. The van der Waals surface area contributed by atoms with Gasteiger partial charge in [-0.25, -0.2) is 4.79 Å². The van der Waals surface area contributed by atoms with Crippen molar-refractivity contribution in [2.45, 2.75) is 13.1 Å². The lowest BCUT2D eigenvalue weighted by molar-refractivity contribution is 0.0697. The summed E-state index contributed by atoms with van der Waals surface area (Å²) in [6.45, 7) is 1.18. The number of carboxylic acids is 1. The fourth-order valence-corrected chi connectivity index (χ4v) is 2.41. The highest BCUT2D eigenvalue weighted by molar-refractivity contribution is 5.87. The number of rotatable bonds is 8. The molecule has 0 aliphatic rings. The van der Waals surface area contributed by atoms with Crippen LogP contribution in [0.5, 0.6) is 17.2 Å². The zero-order valence-corrected chi connectivity index (χ0v) is 15.2. The number of ether oxygens (including phenoxy) is 3. The van der Waals surface area contributed by atoms with Gasteiger partial charge in [0, 0.05) is 18.7 Å². The molecule has 2 N–H and O–H groups in total. The molecule has 0 unspecified atom stereocenters. The third-order valence-electron chi connectivity index (χ3n) is 3.63. The first-order valence-corrected chi connectivity index (χ1v) is 7.41. The summed E-state index contributed by atoms with van der Waals surface area (Å²) in [6, 6.07) is 10.5. The van der Waals surface area contributed by atoms with E-state index < -0.39 is 5.97 Å². The van der Waals surface area contributed by atoms with Crippen molar-refractivity contribution in [3.05, 3.63) is 53.1 Å². The molecule has 0 aromatic heterocycles. The van der Waals surface area contributed by atoms with E-state index in [1.54, 1.807) is 45.6 Å². The molecule has 0 aliphatic carbocycles. The molecule has 0 spiro atoms. The van der Waals surface area contributed by atoms with E-state index in [4.69, 9.17) is 19.3 Å². The maximum absolute atomic E-state index is 10.8. The van der Waals surface area contributed by atoms with Gasteiger partial charge in [0.15, 0.2) is 11.5 Å². The van der Waals surface area contributed by atoms with Crippen LogP contribution in [0.4, 0.5) is 0 Å². The number of aromatic carboxylic acids is 1. The topological polar surface area (TPSA) is 77.0 Å². The number of hydrogen-bond donors (Lipinski definition) is 2. The summed E-state index contributed by atoms with van der Waals surface area (Å²) in [7, 11) is 4.74. The molecule has 0 aliphatic heterocycles. The number of carboxylic acid groups (broad SMARTS) is 1. The minimum Gasteiger partial charge on any atom is -0.493 e. The van der Waals surface area contributed by atoms with Gasteiger partial charge in [-0.05, 0) is 23.8 Å². The Bertz CT molecular complexity index is 703. The minimum absolute atomic E-state index is 0. The molecular weight excluding hydrogens is 346 g/mol. The Morgan fingerprint density at radius 1 is 0.920 bits per heavy atom. The van der Waals surface area contributed by atoms with Crippen LogP contribution in [-0.4, -0.2) is 32.4 Å². The summed E-state index contributed by atoms with van der Waals surface area (Å²) in [5.74, 6) is 0.877. The van der Waals surface area contributed by atoms with Crippen LogP contribution in [0.2, 0.25) is 0 Å². The van der Waals surface area contributed by atoms with Gasteiger partial charge in [-0.3, -0.25) is 0 Å². The van der Waals surface area contributed by atoms with Crippen LogP contribution < -0.4 is 19.5 Å².